The van der Waals surface area contributed by atoms with Crippen LogP contribution in [0.25, 0.3) is 0 Å². The number of carbonyl (C=O) groups is 2. The van der Waals surface area contributed by atoms with Crippen molar-refractivity contribution in [3.8, 4) is 0 Å². The molecule has 14 nitrogen and oxygen atoms in total. The van der Waals surface area contributed by atoms with E-state index in [2.05, 4.69) is 13.8 Å². The fourth-order valence-corrected chi connectivity index (χ4v) is 6.32. The first-order chi connectivity index (χ1) is 25.4. The van der Waals surface area contributed by atoms with E-state index < -0.39 is 93.6 Å². The predicted octanol–water partition coefficient (Wildman–Crippen LogP) is 2.09. The first-order valence-electron chi connectivity index (χ1n) is 20.6. The van der Waals surface area contributed by atoms with E-state index in [-0.39, 0.29) is 12.8 Å². The molecule has 0 bridgehead atoms. The van der Waals surface area contributed by atoms with Crippen LogP contribution in [-0.2, 0) is 9.59 Å². The third-order valence-corrected chi connectivity index (χ3v) is 10.0. The maximum atomic E-state index is 13.6. The van der Waals surface area contributed by atoms with Crippen LogP contribution in [0.1, 0.15) is 155 Å². The predicted molar refractivity (Wildman–Crippen MR) is 203 cm³/mol. The smallest absolute Gasteiger partial charge is 0.224 e. The van der Waals surface area contributed by atoms with Crippen molar-refractivity contribution < 1.29 is 60.7 Å². The summed E-state index contributed by atoms with van der Waals surface area (Å²) >= 11 is 0. The van der Waals surface area contributed by atoms with Gasteiger partial charge in [-0.15, -0.1) is 0 Å². The Kier molecular flexibility index (Phi) is 31.8. The summed E-state index contributed by atoms with van der Waals surface area (Å²) in [5.74, 6) is -0.953. The highest BCUT2D eigenvalue weighted by Gasteiger charge is 2.35. The number of nitrogens with zero attached hydrogens (tertiary/aromatic N) is 2. The lowest BCUT2D eigenvalue weighted by Gasteiger charge is -2.36. The zero-order valence-corrected chi connectivity index (χ0v) is 32.9. The van der Waals surface area contributed by atoms with Gasteiger partial charge in [0.1, 0.15) is 48.8 Å². The summed E-state index contributed by atoms with van der Waals surface area (Å²) in [5, 5.41) is 101. The van der Waals surface area contributed by atoms with Gasteiger partial charge in [-0.05, 0) is 12.8 Å². The van der Waals surface area contributed by atoms with Gasteiger partial charge in [-0.3, -0.25) is 9.59 Å². The summed E-state index contributed by atoms with van der Waals surface area (Å²) in [5.41, 5.74) is 0. The molecule has 0 rings (SSSR count). The fourth-order valence-electron chi connectivity index (χ4n) is 6.32. The second kappa shape index (κ2) is 32.8. The van der Waals surface area contributed by atoms with Crippen molar-refractivity contribution in [1.29, 1.82) is 0 Å². The van der Waals surface area contributed by atoms with Crippen LogP contribution in [0.4, 0.5) is 0 Å². The molecule has 14 heteroatoms. The van der Waals surface area contributed by atoms with Crippen LogP contribution >= 0.6 is 0 Å². The highest BCUT2D eigenvalue weighted by Crippen LogP contribution is 2.17. The third kappa shape index (κ3) is 23.9. The molecule has 0 aliphatic carbocycles. The largest absolute Gasteiger partial charge is 0.394 e. The minimum atomic E-state index is -1.96. The van der Waals surface area contributed by atoms with Crippen molar-refractivity contribution in [3.63, 3.8) is 0 Å². The van der Waals surface area contributed by atoms with E-state index in [0.29, 0.717) is 12.8 Å². The quantitative estimate of drug-likeness (QED) is 0.0326. The van der Waals surface area contributed by atoms with Gasteiger partial charge in [0.05, 0.1) is 33.0 Å². The van der Waals surface area contributed by atoms with Gasteiger partial charge in [0.25, 0.3) is 0 Å². The average molecular weight is 767 g/mol. The Morgan fingerprint density at radius 3 is 0.906 bits per heavy atom. The number of unbranched alkanes of at least 4 members (excludes halogenated alkanes) is 18. The minimum absolute atomic E-state index is 0.0498. The van der Waals surface area contributed by atoms with Gasteiger partial charge >= 0.3 is 0 Å². The molecule has 8 atom stereocenters. The van der Waals surface area contributed by atoms with Crippen LogP contribution in [0, 0.1) is 0 Å². The van der Waals surface area contributed by atoms with E-state index in [1.165, 1.54) is 64.2 Å². The number of rotatable bonds is 36. The van der Waals surface area contributed by atoms with Crippen LogP contribution in [0.2, 0.25) is 0 Å². The Labute approximate surface area is 318 Å². The molecular weight excluding hydrogens is 688 g/mol. The Morgan fingerprint density at radius 1 is 0.396 bits per heavy atom. The van der Waals surface area contributed by atoms with Gasteiger partial charge in [-0.2, -0.15) is 0 Å². The molecule has 0 aliphatic rings. The first-order valence-corrected chi connectivity index (χ1v) is 20.6. The summed E-state index contributed by atoms with van der Waals surface area (Å²) in [7, 11) is 0. The highest BCUT2D eigenvalue weighted by molar-refractivity contribution is 5.79. The molecular formula is C39H78N2O12. The molecule has 53 heavy (non-hydrogen) atoms. The SMILES string of the molecule is CCCCCCCCCCCCC(=O)N(CC(O)C(O)C(O)C(O)CO)CN(CC(O)C(O)C(O)C(O)CO)C(=O)CCCCCCCCCCCC. The number of aliphatic hydroxyl groups is 10. The monoisotopic (exact) mass is 767 g/mol. The van der Waals surface area contributed by atoms with Gasteiger partial charge in [0.15, 0.2) is 0 Å². The van der Waals surface area contributed by atoms with Crippen molar-refractivity contribution in [1.82, 2.24) is 9.80 Å². The van der Waals surface area contributed by atoms with Crippen molar-refractivity contribution in [2.45, 2.75) is 204 Å². The Balaban J connectivity index is 5.74. The number of hydrogen-bond donors (Lipinski definition) is 10. The first kappa shape index (κ1) is 51.5. The molecule has 8 unspecified atom stereocenters. The van der Waals surface area contributed by atoms with Crippen molar-refractivity contribution in [2.24, 2.45) is 0 Å². The zero-order chi connectivity index (χ0) is 40.0. The van der Waals surface area contributed by atoms with Gasteiger partial charge in [-0.1, -0.05) is 129 Å². The molecule has 0 aromatic rings. The molecule has 0 aliphatic heterocycles. The van der Waals surface area contributed by atoms with Crippen molar-refractivity contribution in [3.05, 3.63) is 0 Å². The second-order valence-electron chi connectivity index (χ2n) is 14.8. The Hall–Kier alpha value is -1.46. The Morgan fingerprint density at radius 2 is 0.642 bits per heavy atom. The van der Waals surface area contributed by atoms with E-state index in [0.717, 1.165) is 61.2 Å². The summed E-state index contributed by atoms with van der Waals surface area (Å²) in [4.78, 5) is 29.4. The lowest BCUT2D eigenvalue weighted by atomic mass is 10.0. The van der Waals surface area contributed by atoms with E-state index in [9.17, 15) is 60.7 Å². The van der Waals surface area contributed by atoms with E-state index in [1.54, 1.807) is 0 Å². The molecule has 2 amide bonds. The molecule has 0 fully saturated rings. The van der Waals surface area contributed by atoms with Crippen LogP contribution < -0.4 is 0 Å². The van der Waals surface area contributed by atoms with Crippen molar-refractivity contribution in [2.75, 3.05) is 33.0 Å². The summed E-state index contributed by atoms with van der Waals surface area (Å²) in [6, 6.07) is 0. The molecule has 10 N–H and O–H groups in total. The van der Waals surface area contributed by atoms with Crippen LogP contribution in [0.15, 0.2) is 0 Å². The highest BCUT2D eigenvalue weighted by atomic mass is 16.4. The van der Waals surface area contributed by atoms with Gasteiger partial charge in [0, 0.05) is 12.8 Å². The van der Waals surface area contributed by atoms with Crippen molar-refractivity contribution >= 4 is 11.8 Å². The topological polar surface area (TPSA) is 243 Å². The maximum absolute atomic E-state index is 13.6. The summed E-state index contributed by atoms with van der Waals surface area (Å²) in [6.07, 6.45) is 6.09. The molecule has 0 heterocycles. The maximum Gasteiger partial charge on any atom is 0.224 e. The van der Waals surface area contributed by atoms with E-state index >= 15 is 0 Å². The Bertz CT molecular complexity index is 819. The normalized spacial score (nSPS) is 16.4. The number of carbonyl (C=O) groups excluding carboxylic acids is 2. The van der Waals surface area contributed by atoms with Crippen LogP contribution in [-0.4, -0.2) is 154 Å². The fraction of sp³-hybridized carbons (Fsp3) is 0.949. The minimum Gasteiger partial charge on any atom is -0.394 e. The van der Waals surface area contributed by atoms with Gasteiger partial charge in [0.2, 0.25) is 11.8 Å². The van der Waals surface area contributed by atoms with Crippen LogP contribution in [0.5, 0.6) is 0 Å². The molecule has 316 valence electrons. The molecule has 0 saturated heterocycles. The average Bonchev–Trinajstić information content (AvgIpc) is 3.16. The third-order valence-electron chi connectivity index (χ3n) is 10.0. The lowest BCUT2D eigenvalue weighted by Crippen LogP contribution is -2.55. The van der Waals surface area contributed by atoms with Gasteiger partial charge in [-0.25, -0.2) is 0 Å². The molecule has 0 spiro atoms. The lowest BCUT2D eigenvalue weighted by molar-refractivity contribution is -0.151. The second-order valence-corrected chi connectivity index (χ2v) is 14.8. The van der Waals surface area contributed by atoms with Crippen LogP contribution in [0.3, 0.4) is 0 Å². The van der Waals surface area contributed by atoms with Gasteiger partial charge < -0.3 is 60.9 Å². The molecule has 0 saturated carbocycles. The zero-order valence-electron chi connectivity index (χ0n) is 32.9. The summed E-state index contributed by atoms with van der Waals surface area (Å²) in [6.45, 7) is 0.973. The number of aliphatic hydroxyl groups excluding tert-OH is 10. The molecule has 0 radical (unpaired) electrons. The standard InChI is InChI=1S/C39H78N2O12/c1-3-5-7-9-11-13-15-17-19-21-23-34(48)40(25-30(44)36(50)38(52)32(46)27-42)29-41(26-31(45)37(51)39(53)33(47)28-43)35(49)24-22-20-18-16-14-12-10-8-6-4-2/h30-33,36-39,42-47,50-53H,3-29H2,1-2H3. The molecule has 0 aromatic heterocycles. The van der Waals surface area contributed by atoms with E-state index in [4.69, 9.17) is 0 Å². The molecule has 0 aromatic carbocycles. The summed E-state index contributed by atoms with van der Waals surface area (Å²) < 4.78 is 0. The van der Waals surface area contributed by atoms with E-state index in [1.807, 2.05) is 0 Å². The number of hydrogen-bond acceptors (Lipinski definition) is 12. The number of amides is 2.